The van der Waals surface area contributed by atoms with E-state index < -0.39 is 97.5 Å². The molecule has 0 heterocycles. The molecular weight excluding hydrogens is 1210 g/mol. The van der Waals surface area contributed by atoms with Crippen molar-refractivity contribution >= 4 is 39.5 Å². The van der Waals surface area contributed by atoms with Crippen LogP contribution in [0.2, 0.25) is 0 Å². The number of unbranched alkanes of at least 4 members (excludes halogenated alkanes) is 45. The standard InChI is InChI=1S/C73H142O17P2/c1-6-9-12-15-18-21-23-33-38-42-47-52-57-71(76)84-63-69(90-73(78)59-54-49-44-39-34-31-29-27-25-24-26-28-30-32-36-40-45-50-55-66(4)5)65-88-92(81,82)86-61-67(74)60-85-91(79,80)87-64-68(62-83-70(75)56-51-46-41-35-20-17-14-11-8-3)89-72(77)58-53-48-43-37-22-19-16-13-10-7-2/h66-69,74H,6-65H2,1-5H3,(H,79,80)(H,81,82)/t67-,68+,69+/m0/s1. The van der Waals surface area contributed by atoms with Crippen molar-refractivity contribution in [1.82, 2.24) is 0 Å². The molecule has 0 aromatic carbocycles. The summed E-state index contributed by atoms with van der Waals surface area (Å²) in [5, 5.41) is 10.6. The Morgan fingerprint density at radius 2 is 0.500 bits per heavy atom. The van der Waals surface area contributed by atoms with E-state index in [2.05, 4.69) is 34.6 Å². The Bertz CT molecular complexity index is 1770. The third-order valence-electron chi connectivity index (χ3n) is 17.0. The Morgan fingerprint density at radius 1 is 0.293 bits per heavy atom. The van der Waals surface area contributed by atoms with E-state index in [4.69, 9.17) is 37.0 Å². The van der Waals surface area contributed by atoms with Crippen LogP contribution in [0, 0.1) is 5.92 Å². The Morgan fingerprint density at radius 3 is 0.739 bits per heavy atom. The van der Waals surface area contributed by atoms with Crippen LogP contribution in [0.5, 0.6) is 0 Å². The molecule has 0 fully saturated rings. The lowest BCUT2D eigenvalue weighted by Crippen LogP contribution is -2.30. The Kier molecular flexibility index (Phi) is 64.9. The average Bonchev–Trinajstić information content (AvgIpc) is 3.67. The molecule has 0 bridgehead atoms. The molecule has 0 aliphatic carbocycles. The van der Waals surface area contributed by atoms with Crippen molar-refractivity contribution in [2.75, 3.05) is 39.6 Å². The lowest BCUT2D eigenvalue weighted by Gasteiger charge is -2.21. The predicted molar refractivity (Wildman–Crippen MR) is 372 cm³/mol. The van der Waals surface area contributed by atoms with Crippen LogP contribution in [-0.4, -0.2) is 96.7 Å². The van der Waals surface area contributed by atoms with Crippen LogP contribution in [0.4, 0.5) is 0 Å². The fraction of sp³-hybridized carbons (Fsp3) is 0.945. The molecular formula is C73H142O17P2. The zero-order valence-electron chi connectivity index (χ0n) is 59.7. The van der Waals surface area contributed by atoms with Gasteiger partial charge in [-0.15, -0.1) is 0 Å². The second-order valence-corrected chi connectivity index (χ2v) is 29.7. The van der Waals surface area contributed by atoms with E-state index in [1.54, 1.807) is 0 Å². The van der Waals surface area contributed by atoms with Crippen molar-refractivity contribution in [3.05, 3.63) is 0 Å². The van der Waals surface area contributed by atoms with Gasteiger partial charge in [-0.25, -0.2) is 9.13 Å². The van der Waals surface area contributed by atoms with Gasteiger partial charge in [0.15, 0.2) is 12.2 Å². The van der Waals surface area contributed by atoms with Gasteiger partial charge in [-0.3, -0.25) is 37.3 Å². The molecule has 0 radical (unpaired) electrons. The summed E-state index contributed by atoms with van der Waals surface area (Å²) in [6, 6.07) is 0. The Labute approximate surface area is 562 Å². The number of esters is 4. The Hall–Kier alpha value is -1.94. The largest absolute Gasteiger partial charge is 0.472 e. The fourth-order valence-electron chi connectivity index (χ4n) is 11.2. The highest BCUT2D eigenvalue weighted by atomic mass is 31.2. The molecule has 17 nitrogen and oxygen atoms in total. The van der Waals surface area contributed by atoms with Gasteiger partial charge in [-0.2, -0.15) is 0 Å². The van der Waals surface area contributed by atoms with Crippen LogP contribution in [0.25, 0.3) is 0 Å². The number of hydrogen-bond acceptors (Lipinski definition) is 15. The Balaban J connectivity index is 5.16. The number of hydrogen-bond donors (Lipinski definition) is 3. The minimum atomic E-state index is -4.95. The van der Waals surface area contributed by atoms with E-state index in [1.807, 2.05) is 0 Å². The number of aliphatic hydroxyl groups excluding tert-OH is 1. The molecule has 0 saturated heterocycles. The van der Waals surface area contributed by atoms with Crippen molar-refractivity contribution in [2.45, 2.75) is 400 Å². The van der Waals surface area contributed by atoms with Gasteiger partial charge in [0.2, 0.25) is 0 Å². The second-order valence-electron chi connectivity index (χ2n) is 26.8. The maximum Gasteiger partial charge on any atom is 0.472 e. The van der Waals surface area contributed by atoms with E-state index in [9.17, 15) is 43.2 Å². The van der Waals surface area contributed by atoms with Crippen LogP contribution < -0.4 is 0 Å². The summed E-state index contributed by atoms with van der Waals surface area (Å²) in [7, 11) is -9.90. The molecule has 5 atom stereocenters. The number of carbonyl (C=O) groups excluding carboxylic acids is 4. The lowest BCUT2D eigenvalue weighted by atomic mass is 10.0. The molecule has 92 heavy (non-hydrogen) atoms. The molecule has 0 saturated carbocycles. The van der Waals surface area contributed by atoms with E-state index in [0.29, 0.717) is 25.7 Å². The fourth-order valence-corrected chi connectivity index (χ4v) is 12.8. The third kappa shape index (κ3) is 66.7. The van der Waals surface area contributed by atoms with E-state index >= 15 is 0 Å². The van der Waals surface area contributed by atoms with Gasteiger partial charge in [0.25, 0.3) is 0 Å². The minimum Gasteiger partial charge on any atom is -0.462 e. The van der Waals surface area contributed by atoms with Gasteiger partial charge in [0.1, 0.15) is 19.3 Å². The molecule has 0 aromatic heterocycles. The zero-order chi connectivity index (χ0) is 67.7. The molecule has 3 N–H and O–H groups in total. The predicted octanol–water partition coefficient (Wildman–Crippen LogP) is 21.3. The van der Waals surface area contributed by atoms with Crippen LogP contribution in [0.15, 0.2) is 0 Å². The summed E-state index contributed by atoms with van der Waals surface area (Å²) in [5.74, 6) is -1.30. The molecule has 546 valence electrons. The highest BCUT2D eigenvalue weighted by Gasteiger charge is 2.30. The molecule has 0 aliphatic rings. The minimum absolute atomic E-state index is 0.107. The number of phosphoric ester groups is 2. The van der Waals surface area contributed by atoms with Crippen LogP contribution in [-0.2, 0) is 65.4 Å². The van der Waals surface area contributed by atoms with Gasteiger partial charge in [0.05, 0.1) is 26.4 Å². The van der Waals surface area contributed by atoms with E-state index in [1.165, 1.54) is 205 Å². The third-order valence-corrected chi connectivity index (χ3v) is 18.9. The maximum absolute atomic E-state index is 13.0. The molecule has 0 aliphatic heterocycles. The van der Waals surface area contributed by atoms with Gasteiger partial charge >= 0.3 is 39.5 Å². The number of rotatable bonds is 73. The quantitative estimate of drug-likeness (QED) is 0.0222. The lowest BCUT2D eigenvalue weighted by molar-refractivity contribution is -0.161. The van der Waals surface area contributed by atoms with Crippen LogP contribution in [0.1, 0.15) is 381 Å². The smallest absolute Gasteiger partial charge is 0.462 e. The summed E-state index contributed by atoms with van der Waals surface area (Å²) >= 11 is 0. The SMILES string of the molecule is CCCCCCCCCCCCCCC(=O)OC[C@H](COP(=O)(O)OC[C@@H](O)COP(=O)(O)OC[C@@H](COC(=O)CCCCCCCCCCC)OC(=O)CCCCCCCCCCCC)OC(=O)CCCCCCCCCCCCCCCCCCCCC(C)C. The summed E-state index contributed by atoms with van der Waals surface area (Å²) in [6.07, 6.45) is 54.1. The van der Waals surface area contributed by atoms with Crippen molar-refractivity contribution < 1.29 is 80.2 Å². The maximum atomic E-state index is 13.0. The van der Waals surface area contributed by atoms with Crippen molar-refractivity contribution in [3.8, 4) is 0 Å². The normalized spacial score (nSPS) is 14.0. The topological polar surface area (TPSA) is 237 Å². The highest BCUT2D eigenvalue weighted by molar-refractivity contribution is 7.47. The van der Waals surface area contributed by atoms with Crippen LogP contribution >= 0.6 is 15.6 Å². The second kappa shape index (κ2) is 66.3. The van der Waals surface area contributed by atoms with Crippen molar-refractivity contribution in [1.29, 1.82) is 0 Å². The van der Waals surface area contributed by atoms with Crippen molar-refractivity contribution in [3.63, 3.8) is 0 Å². The summed E-state index contributed by atoms with van der Waals surface area (Å²) in [6.45, 7) is 7.28. The first-order chi connectivity index (χ1) is 44.5. The molecule has 0 amide bonds. The van der Waals surface area contributed by atoms with E-state index in [-0.39, 0.29) is 25.7 Å². The molecule has 2 unspecified atom stereocenters. The average molecular weight is 1350 g/mol. The monoisotopic (exact) mass is 1350 g/mol. The first kappa shape index (κ1) is 90.1. The number of aliphatic hydroxyl groups is 1. The highest BCUT2D eigenvalue weighted by Crippen LogP contribution is 2.45. The zero-order valence-corrected chi connectivity index (χ0v) is 61.5. The van der Waals surface area contributed by atoms with Gasteiger partial charge in [-0.1, -0.05) is 330 Å². The summed E-state index contributed by atoms with van der Waals surface area (Å²) < 4.78 is 68.3. The van der Waals surface area contributed by atoms with Gasteiger partial charge in [-0.05, 0) is 31.6 Å². The van der Waals surface area contributed by atoms with Crippen LogP contribution in [0.3, 0.4) is 0 Å². The van der Waals surface area contributed by atoms with E-state index in [0.717, 1.165) is 95.8 Å². The van der Waals surface area contributed by atoms with Gasteiger partial charge in [0, 0.05) is 25.7 Å². The summed E-state index contributed by atoms with van der Waals surface area (Å²) in [5.41, 5.74) is 0. The van der Waals surface area contributed by atoms with Crippen molar-refractivity contribution in [2.24, 2.45) is 5.92 Å². The number of ether oxygens (including phenoxy) is 4. The first-order valence-corrected chi connectivity index (χ1v) is 41.1. The molecule has 19 heteroatoms. The number of phosphoric acid groups is 2. The summed E-state index contributed by atoms with van der Waals surface area (Å²) in [4.78, 5) is 72.5. The number of carbonyl (C=O) groups is 4. The molecule has 0 spiro atoms. The van der Waals surface area contributed by atoms with Gasteiger partial charge < -0.3 is 33.8 Å². The molecule has 0 aromatic rings. The molecule has 0 rings (SSSR count). The first-order valence-electron chi connectivity index (χ1n) is 38.1.